The summed E-state index contributed by atoms with van der Waals surface area (Å²) in [6.07, 6.45) is 9.02. The Bertz CT molecular complexity index is 675. The SMILES string of the molecule is CC(C)CNC(=O)CCC/C=C\C[C@@H]1[C@@H](CC[C@@H](O)CCc2ccccc2)[C@H](O)C[C@@H]1O. The van der Waals surface area contributed by atoms with Gasteiger partial charge in [-0.3, -0.25) is 4.79 Å². The number of rotatable bonds is 14. The molecule has 0 spiro atoms. The number of amides is 1. The van der Waals surface area contributed by atoms with Crippen molar-refractivity contribution < 1.29 is 20.1 Å². The van der Waals surface area contributed by atoms with Gasteiger partial charge in [-0.1, -0.05) is 56.3 Å². The highest BCUT2D eigenvalue weighted by molar-refractivity contribution is 5.75. The van der Waals surface area contributed by atoms with Gasteiger partial charge < -0.3 is 20.6 Å². The molecule has 0 aliphatic heterocycles. The summed E-state index contributed by atoms with van der Waals surface area (Å²) >= 11 is 0. The topological polar surface area (TPSA) is 89.8 Å². The van der Waals surface area contributed by atoms with Crippen LogP contribution in [0.3, 0.4) is 0 Å². The van der Waals surface area contributed by atoms with Gasteiger partial charge in [-0.2, -0.15) is 0 Å². The first kappa shape index (κ1) is 26.6. The zero-order valence-electron chi connectivity index (χ0n) is 19.8. The van der Waals surface area contributed by atoms with E-state index >= 15 is 0 Å². The number of hydrogen-bond acceptors (Lipinski definition) is 4. The summed E-state index contributed by atoms with van der Waals surface area (Å²) in [5.74, 6) is 0.608. The highest BCUT2D eigenvalue weighted by atomic mass is 16.3. The largest absolute Gasteiger partial charge is 0.393 e. The molecule has 1 aliphatic carbocycles. The number of aliphatic hydroxyl groups excluding tert-OH is 3. The fraction of sp³-hybridized carbons (Fsp3) is 0.667. The van der Waals surface area contributed by atoms with Crippen molar-refractivity contribution >= 4 is 5.91 Å². The van der Waals surface area contributed by atoms with E-state index < -0.39 is 18.3 Å². The Balaban J connectivity index is 1.68. The zero-order chi connectivity index (χ0) is 23.3. The van der Waals surface area contributed by atoms with Gasteiger partial charge >= 0.3 is 0 Å². The molecule has 0 saturated heterocycles. The fourth-order valence-electron chi connectivity index (χ4n) is 4.57. The molecule has 2 rings (SSSR count). The molecule has 0 bridgehead atoms. The second-order valence-electron chi connectivity index (χ2n) is 9.75. The molecule has 1 aromatic rings. The van der Waals surface area contributed by atoms with Gasteiger partial charge in [0.05, 0.1) is 18.3 Å². The summed E-state index contributed by atoms with van der Waals surface area (Å²) in [5.41, 5.74) is 1.23. The lowest BCUT2D eigenvalue weighted by Crippen LogP contribution is -2.26. The molecule has 4 N–H and O–H groups in total. The third-order valence-electron chi connectivity index (χ3n) is 6.52. The first-order chi connectivity index (χ1) is 15.4. The average molecular weight is 446 g/mol. The molecule has 1 amide bonds. The van der Waals surface area contributed by atoms with E-state index in [4.69, 9.17) is 0 Å². The number of hydrogen-bond donors (Lipinski definition) is 4. The quantitative estimate of drug-likeness (QED) is 0.257. The second-order valence-corrected chi connectivity index (χ2v) is 9.75. The van der Waals surface area contributed by atoms with Gasteiger partial charge in [-0.05, 0) is 74.7 Å². The smallest absolute Gasteiger partial charge is 0.220 e. The van der Waals surface area contributed by atoms with E-state index in [1.807, 2.05) is 18.2 Å². The minimum absolute atomic E-state index is 0.0165. The maximum absolute atomic E-state index is 11.7. The van der Waals surface area contributed by atoms with Gasteiger partial charge in [0.15, 0.2) is 0 Å². The molecular weight excluding hydrogens is 402 g/mol. The van der Waals surface area contributed by atoms with Crippen LogP contribution < -0.4 is 5.32 Å². The summed E-state index contributed by atoms with van der Waals surface area (Å²) in [6, 6.07) is 10.2. The van der Waals surface area contributed by atoms with Crippen LogP contribution in [0.4, 0.5) is 0 Å². The van der Waals surface area contributed by atoms with Crippen molar-refractivity contribution in [3.05, 3.63) is 48.0 Å². The number of unbranched alkanes of at least 4 members (excludes halogenated alkanes) is 1. The molecule has 0 unspecified atom stereocenters. The number of nitrogens with one attached hydrogen (secondary N) is 1. The predicted octanol–water partition coefficient (Wildman–Crippen LogP) is 4.01. The minimum atomic E-state index is -0.505. The predicted molar refractivity (Wildman–Crippen MR) is 129 cm³/mol. The number of aliphatic hydroxyl groups is 3. The molecule has 1 aliphatic rings. The third kappa shape index (κ3) is 9.85. The number of carbonyl (C=O) groups is 1. The van der Waals surface area contributed by atoms with Crippen LogP contribution in [0.5, 0.6) is 0 Å². The standard InChI is InChI=1S/C27H43NO4/c1-20(2)19-28-27(32)13-9-4-3-8-12-23-24(26(31)18-25(23)30)17-16-22(29)15-14-21-10-6-5-7-11-21/h3,5-8,10-11,20,22-26,29-31H,4,9,12-19H2,1-2H3,(H,28,32)/b8-3-/t22-,23+,24+,25-,26+/m0/s1. The second kappa shape index (κ2) is 14.5. The Morgan fingerprint density at radius 3 is 2.53 bits per heavy atom. The first-order valence-electron chi connectivity index (χ1n) is 12.4. The van der Waals surface area contributed by atoms with Gasteiger partial charge in [-0.15, -0.1) is 0 Å². The Hall–Kier alpha value is -1.69. The number of aryl methyl sites for hydroxylation is 1. The van der Waals surface area contributed by atoms with E-state index in [0.29, 0.717) is 31.6 Å². The monoisotopic (exact) mass is 445 g/mol. The molecule has 5 atom stereocenters. The lowest BCUT2D eigenvalue weighted by molar-refractivity contribution is -0.121. The summed E-state index contributed by atoms with van der Waals surface area (Å²) < 4.78 is 0. The van der Waals surface area contributed by atoms with Crippen LogP contribution in [0.2, 0.25) is 0 Å². The fourth-order valence-corrected chi connectivity index (χ4v) is 4.57. The molecule has 1 fully saturated rings. The zero-order valence-corrected chi connectivity index (χ0v) is 19.8. The van der Waals surface area contributed by atoms with Gasteiger partial charge in [0.2, 0.25) is 5.91 Å². The van der Waals surface area contributed by atoms with Crippen molar-refractivity contribution in [2.24, 2.45) is 17.8 Å². The summed E-state index contributed by atoms with van der Waals surface area (Å²) in [7, 11) is 0. The van der Waals surface area contributed by atoms with Crippen LogP contribution in [0, 0.1) is 17.8 Å². The highest BCUT2D eigenvalue weighted by Gasteiger charge is 2.40. The van der Waals surface area contributed by atoms with Crippen LogP contribution in [0.15, 0.2) is 42.5 Å². The summed E-state index contributed by atoms with van der Waals surface area (Å²) in [5, 5.41) is 34.2. The molecule has 0 aromatic heterocycles. The number of benzene rings is 1. The Morgan fingerprint density at radius 1 is 1.09 bits per heavy atom. The first-order valence-corrected chi connectivity index (χ1v) is 12.4. The lowest BCUT2D eigenvalue weighted by atomic mass is 9.85. The average Bonchev–Trinajstić information content (AvgIpc) is 3.04. The van der Waals surface area contributed by atoms with E-state index in [-0.39, 0.29) is 17.7 Å². The molecular formula is C27H43NO4. The maximum Gasteiger partial charge on any atom is 0.220 e. The van der Waals surface area contributed by atoms with Crippen molar-refractivity contribution in [1.29, 1.82) is 0 Å². The van der Waals surface area contributed by atoms with Crippen molar-refractivity contribution in [2.75, 3.05) is 6.54 Å². The van der Waals surface area contributed by atoms with Crippen molar-refractivity contribution in [2.45, 2.75) is 89.9 Å². The van der Waals surface area contributed by atoms with Crippen molar-refractivity contribution in [3.63, 3.8) is 0 Å². The molecule has 0 radical (unpaired) electrons. The molecule has 1 aromatic carbocycles. The van der Waals surface area contributed by atoms with Gasteiger partial charge in [0.1, 0.15) is 0 Å². The Morgan fingerprint density at radius 2 is 1.81 bits per heavy atom. The maximum atomic E-state index is 11.7. The van der Waals surface area contributed by atoms with E-state index in [1.54, 1.807) is 0 Å². The van der Waals surface area contributed by atoms with E-state index in [0.717, 1.165) is 38.6 Å². The Labute approximate surface area is 193 Å². The third-order valence-corrected chi connectivity index (χ3v) is 6.52. The Kier molecular flexibility index (Phi) is 12.0. The molecule has 5 nitrogen and oxygen atoms in total. The lowest BCUT2D eigenvalue weighted by Gasteiger charge is -2.23. The van der Waals surface area contributed by atoms with Crippen molar-refractivity contribution in [3.8, 4) is 0 Å². The summed E-state index contributed by atoms with van der Waals surface area (Å²) in [6.45, 7) is 4.88. The number of allylic oxidation sites excluding steroid dienone is 2. The van der Waals surface area contributed by atoms with Gasteiger partial charge in [0, 0.05) is 13.0 Å². The van der Waals surface area contributed by atoms with Crippen LogP contribution in [0.25, 0.3) is 0 Å². The highest BCUT2D eigenvalue weighted by Crippen LogP contribution is 2.38. The van der Waals surface area contributed by atoms with E-state index in [9.17, 15) is 20.1 Å². The molecule has 180 valence electrons. The van der Waals surface area contributed by atoms with E-state index in [2.05, 4.69) is 43.4 Å². The molecule has 32 heavy (non-hydrogen) atoms. The van der Waals surface area contributed by atoms with Gasteiger partial charge in [-0.25, -0.2) is 0 Å². The van der Waals surface area contributed by atoms with Crippen LogP contribution in [-0.2, 0) is 11.2 Å². The van der Waals surface area contributed by atoms with Gasteiger partial charge in [0.25, 0.3) is 0 Å². The molecule has 0 heterocycles. The van der Waals surface area contributed by atoms with Crippen LogP contribution in [0.1, 0.15) is 70.8 Å². The van der Waals surface area contributed by atoms with Crippen LogP contribution in [-0.4, -0.2) is 46.1 Å². The van der Waals surface area contributed by atoms with E-state index in [1.165, 1.54) is 5.56 Å². The van der Waals surface area contributed by atoms with Crippen LogP contribution >= 0.6 is 0 Å². The molecule has 1 saturated carbocycles. The minimum Gasteiger partial charge on any atom is -0.393 e. The normalized spacial score (nSPS) is 24.3. The molecule has 5 heteroatoms. The number of carbonyl (C=O) groups excluding carboxylic acids is 1. The summed E-state index contributed by atoms with van der Waals surface area (Å²) in [4.78, 5) is 11.7. The van der Waals surface area contributed by atoms with Crippen molar-refractivity contribution in [1.82, 2.24) is 5.32 Å².